The molecule has 4 heterocycles. The quantitative estimate of drug-likeness (QED) is 0.179. The number of nitrogens with zero attached hydrogens (tertiary/aromatic N) is 3. The van der Waals surface area contributed by atoms with Crippen LogP contribution in [0.1, 0.15) is 29.5 Å². The first-order valence-corrected chi connectivity index (χ1v) is 20.9. The second kappa shape index (κ2) is 13.2. The number of aliphatic imine (C=N–C) groups is 2. The highest BCUT2D eigenvalue weighted by Gasteiger charge is 2.23. The van der Waals surface area contributed by atoms with Gasteiger partial charge in [-0.15, -0.1) is 0 Å². The van der Waals surface area contributed by atoms with Crippen LogP contribution in [0, 0.1) is 0 Å². The summed E-state index contributed by atoms with van der Waals surface area (Å²) in [6.07, 6.45) is 3.71. The lowest BCUT2D eigenvalue weighted by molar-refractivity contribution is 0.669. The van der Waals surface area contributed by atoms with Gasteiger partial charge in [0, 0.05) is 60.1 Å². The van der Waals surface area contributed by atoms with Crippen LogP contribution < -0.4 is 0 Å². The van der Waals surface area contributed by atoms with E-state index in [4.69, 9.17) is 18.8 Å². The fraction of sp³-hybridized carbons (Fsp3) is 0.0357. The molecule has 5 nitrogen and oxygen atoms in total. The molecule has 0 atom stereocenters. The number of benzene rings is 9. The summed E-state index contributed by atoms with van der Waals surface area (Å²) in [5.74, 6) is 0.648. The highest BCUT2D eigenvalue weighted by atomic mass is 16.3. The third kappa shape index (κ3) is 5.27. The van der Waals surface area contributed by atoms with E-state index in [2.05, 4.69) is 168 Å². The molecule has 0 saturated heterocycles. The molecule has 0 bridgehead atoms. The van der Waals surface area contributed by atoms with Gasteiger partial charge in [0.25, 0.3) is 0 Å². The van der Waals surface area contributed by atoms with Crippen LogP contribution in [0.25, 0.3) is 98.6 Å². The number of rotatable bonds is 4. The first kappa shape index (κ1) is 33.9. The first-order chi connectivity index (χ1) is 30.2. The average Bonchev–Trinajstić information content (AvgIpc) is 3.98. The first-order valence-electron chi connectivity index (χ1n) is 20.9. The molecular formula is C56H35N3O2. The largest absolute Gasteiger partial charge is 0.456 e. The number of hydrogen-bond donors (Lipinski definition) is 0. The molecule has 61 heavy (non-hydrogen) atoms. The van der Waals surface area contributed by atoms with E-state index in [0.29, 0.717) is 12.3 Å². The van der Waals surface area contributed by atoms with Crippen molar-refractivity contribution in [3.8, 4) is 5.69 Å². The molecule has 5 heteroatoms. The van der Waals surface area contributed by atoms with Crippen LogP contribution in [0.4, 0.5) is 0 Å². The summed E-state index contributed by atoms with van der Waals surface area (Å²) in [6.45, 7) is 0. The van der Waals surface area contributed by atoms with Crippen molar-refractivity contribution in [2.24, 2.45) is 9.98 Å². The molecule has 9 aromatic carbocycles. The Morgan fingerprint density at radius 3 is 2.07 bits per heavy atom. The highest BCUT2D eigenvalue weighted by molar-refractivity contribution is 6.23. The van der Waals surface area contributed by atoms with Crippen LogP contribution in [0.3, 0.4) is 0 Å². The van der Waals surface area contributed by atoms with E-state index in [1.54, 1.807) is 0 Å². The fourth-order valence-electron chi connectivity index (χ4n) is 9.65. The molecule has 0 aliphatic carbocycles. The van der Waals surface area contributed by atoms with Crippen LogP contribution in [0.15, 0.2) is 207 Å². The van der Waals surface area contributed by atoms with Gasteiger partial charge in [0.15, 0.2) is 5.84 Å². The summed E-state index contributed by atoms with van der Waals surface area (Å²) in [5, 5.41) is 11.4. The van der Waals surface area contributed by atoms with Crippen LogP contribution in [-0.4, -0.2) is 16.1 Å². The monoisotopic (exact) mass is 781 g/mol. The molecule has 0 saturated carbocycles. The molecule has 3 aromatic heterocycles. The predicted octanol–water partition coefficient (Wildman–Crippen LogP) is 15.0. The Morgan fingerprint density at radius 1 is 0.443 bits per heavy atom. The smallest absolute Gasteiger partial charge is 0.160 e. The molecule has 1 aliphatic rings. The summed E-state index contributed by atoms with van der Waals surface area (Å²) in [4.78, 5) is 11.0. The predicted molar refractivity (Wildman–Crippen MR) is 254 cm³/mol. The van der Waals surface area contributed by atoms with E-state index in [1.807, 2.05) is 24.3 Å². The van der Waals surface area contributed by atoms with Gasteiger partial charge in [-0.3, -0.25) is 0 Å². The number of para-hydroxylation sites is 2. The van der Waals surface area contributed by atoms with E-state index in [1.165, 1.54) is 21.5 Å². The minimum Gasteiger partial charge on any atom is -0.456 e. The van der Waals surface area contributed by atoms with Crippen LogP contribution in [-0.2, 0) is 0 Å². The summed E-state index contributed by atoms with van der Waals surface area (Å²) in [5.41, 5.74) is 11.5. The molecule has 0 fully saturated rings. The Balaban J connectivity index is 1.09. The summed E-state index contributed by atoms with van der Waals surface area (Å²) in [6, 6.07) is 64.3. The van der Waals surface area contributed by atoms with Gasteiger partial charge < -0.3 is 13.4 Å². The lowest BCUT2D eigenvalue weighted by Crippen LogP contribution is -2.09. The molecule has 0 amide bonds. The lowest BCUT2D eigenvalue weighted by atomic mass is 9.97. The molecule has 12 aromatic rings. The van der Waals surface area contributed by atoms with Crippen molar-refractivity contribution in [2.45, 2.75) is 12.8 Å². The van der Waals surface area contributed by atoms with Gasteiger partial charge >= 0.3 is 0 Å². The zero-order valence-electron chi connectivity index (χ0n) is 33.0. The number of hydrogen-bond acceptors (Lipinski definition) is 4. The topological polar surface area (TPSA) is 55.9 Å². The number of amidine groups is 1. The molecule has 0 unspecified atom stereocenters. The van der Waals surface area contributed by atoms with Gasteiger partial charge in [-0.25, -0.2) is 9.98 Å². The Kier molecular flexibility index (Phi) is 7.36. The van der Waals surface area contributed by atoms with E-state index >= 15 is 0 Å². The van der Waals surface area contributed by atoms with E-state index < -0.39 is 0 Å². The van der Waals surface area contributed by atoms with Crippen molar-refractivity contribution >= 4 is 104 Å². The van der Waals surface area contributed by atoms with E-state index in [9.17, 15) is 0 Å². The normalized spacial score (nSPS) is 16.3. The van der Waals surface area contributed by atoms with E-state index in [0.717, 1.165) is 106 Å². The van der Waals surface area contributed by atoms with Gasteiger partial charge in [0.1, 0.15) is 22.3 Å². The van der Waals surface area contributed by atoms with Crippen molar-refractivity contribution in [3.63, 3.8) is 0 Å². The van der Waals surface area contributed by atoms with Crippen molar-refractivity contribution in [2.75, 3.05) is 0 Å². The SMILES string of the molecule is C1=C(c2cc(-n3c4ccccc4c4cc5ccccc5cc43)cc3c2oc2c4ccccc4ccc32)/N=C(c2ccccc2)\N=C(\c2cccc3oc4ccccc4c23)CC\1. The third-order valence-corrected chi connectivity index (χ3v) is 12.5. The Hall–Kier alpha value is -8.02. The lowest BCUT2D eigenvalue weighted by Gasteiger charge is -2.15. The van der Waals surface area contributed by atoms with Crippen LogP contribution in [0.2, 0.25) is 0 Å². The molecule has 0 spiro atoms. The van der Waals surface area contributed by atoms with Crippen molar-refractivity contribution < 1.29 is 8.83 Å². The molecule has 1 aliphatic heterocycles. The molecule has 0 radical (unpaired) electrons. The molecule has 13 rings (SSSR count). The highest BCUT2D eigenvalue weighted by Crippen LogP contribution is 2.43. The Labute approximate surface area is 349 Å². The van der Waals surface area contributed by atoms with Gasteiger partial charge in [0.05, 0.1) is 22.4 Å². The second-order valence-electron chi connectivity index (χ2n) is 16.0. The summed E-state index contributed by atoms with van der Waals surface area (Å²) in [7, 11) is 0. The average molecular weight is 782 g/mol. The van der Waals surface area contributed by atoms with Crippen molar-refractivity contribution in [1.29, 1.82) is 0 Å². The zero-order chi connectivity index (χ0) is 40.0. The molecular weight excluding hydrogens is 747 g/mol. The number of aromatic nitrogens is 1. The third-order valence-electron chi connectivity index (χ3n) is 12.5. The maximum atomic E-state index is 7.07. The van der Waals surface area contributed by atoms with Crippen LogP contribution >= 0.6 is 0 Å². The summed E-state index contributed by atoms with van der Waals surface area (Å²) < 4.78 is 15.8. The second-order valence-corrected chi connectivity index (χ2v) is 16.0. The van der Waals surface area contributed by atoms with Gasteiger partial charge in [-0.2, -0.15) is 0 Å². The number of allylic oxidation sites excluding steroid dienone is 1. The fourth-order valence-corrected chi connectivity index (χ4v) is 9.65. The van der Waals surface area contributed by atoms with Gasteiger partial charge in [0.2, 0.25) is 0 Å². The van der Waals surface area contributed by atoms with Gasteiger partial charge in [-0.1, -0.05) is 140 Å². The molecule has 286 valence electrons. The maximum absolute atomic E-state index is 7.07. The van der Waals surface area contributed by atoms with Gasteiger partial charge in [-0.05, 0) is 77.5 Å². The summed E-state index contributed by atoms with van der Waals surface area (Å²) >= 11 is 0. The van der Waals surface area contributed by atoms with Crippen LogP contribution in [0.5, 0.6) is 0 Å². The van der Waals surface area contributed by atoms with Crippen molar-refractivity contribution in [1.82, 2.24) is 4.57 Å². The van der Waals surface area contributed by atoms with E-state index in [-0.39, 0.29) is 0 Å². The Morgan fingerprint density at radius 2 is 1.18 bits per heavy atom. The standard InChI is InChI=1S/C56H35N3O2/c1-2-15-35(16-3-1)56-57-47(42-22-12-27-52-53(42)43-21-9-11-26-51(43)60-52)23-13-24-48(58-56)46-33-38(32-45-41-29-28-34-14-6-7-19-39(34)54(41)61-55(45)46)59-49-25-10-8-20-40(49)44-30-36-17-4-5-18-37(36)31-50(44)59/h1-12,14-22,24-33H,13,23H2/b48-24-,57-47+,58-56-. The molecule has 0 N–H and O–H groups in total. The maximum Gasteiger partial charge on any atom is 0.160 e. The Bertz CT molecular complexity index is 3880. The van der Waals surface area contributed by atoms with Crippen molar-refractivity contribution in [3.05, 3.63) is 205 Å². The minimum absolute atomic E-state index is 0.648. The number of furan rings is 2. The number of fused-ring (bicyclic) bond motifs is 12. The zero-order valence-corrected chi connectivity index (χ0v) is 33.0. The minimum atomic E-state index is 0.648.